The standard InChI is InChI=1S/C25H36N4O3S/c1-15(26-4)22(30)28-19-12-13-33-20-14-25(2,3)21(29(20)24(19)32)23(31)27-18-11-7-9-16-8-5-6-10-17(16)18/h5-6,8,10,15,18-21,26H,7,9,11-14H2,1-4H3,(H,27,31)(H,28,30)/t15?,18-,19+,20+,21?/m1/s1. The molecule has 4 rings (SSSR count). The Morgan fingerprint density at radius 2 is 1.91 bits per heavy atom. The normalized spacial score (nSPS) is 29.5. The fourth-order valence-electron chi connectivity index (χ4n) is 5.43. The molecule has 3 amide bonds. The van der Waals surface area contributed by atoms with Gasteiger partial charge in [-0.05, 0) is 68.4 Å². The van der Waals surface area contributed by atoms with Gasteiger partial charge in [-0.15, -0.1) is 11.8 Å². The first-order chi connectivity index (χ1) is 15.7. The van der Waals surface area contributed by atoms with Crippen molar-refractivity contribution in [1.82, 2.24) is 20.9 Å². The van der Waals surface area contributed by atoms with Crippen LogP contribution >= 0.6 is 11.8 Å². The van der Waals surface area contributed by atoms with Crippen molar-refractivity contribution in [3.63, 3.8) is 0 Å². The lowest BCUT2D eigenvalue weighted by molar-refractivity contribution is -0.144. The number of nitrogens with one attached hydrogen (secondary N) is 3. The van der Waals surface area contributed by atoms with E-state index in [2.05, 4.69) is 41.9 Å². The van der Waals surface area contributed by atoms with E-state index in [4.69, 9.17) is 0 Å². The summed E-state index contributed by atoms with van der Waals surface area (Å²) >= 11 is 1.72. The van der Waals surface area contributed by atoms with Crippen molar-refractivity contribution in [2.75, 3.05) is 12.8 Å². The Labute approximate surface area is 200 Å². The van der Waals surface area contributed by atoms with E-state index >= 15 is 0 Å². The third kappa shape index (κ3) is 4.78. The van der Waals surface area contributed by atoms with E-state index in [9.17, 15) is 14.4 Å². The summed E-state index contributed by atoms with van der Waals surface area (Å²) in [6.07, 6.45) is 4.31. The lowest BCUT2D eigenvalue weighted by Crippen LogP contribution is -2.58. The topological polar surface area (TPSA) is 90.5 Å². The third-order valence-electron chi connectivity index (χ3n) is 7.38. The maximum absolute atomic E-state index is 13.7. The van der Waals surface area contributed by atoms with E-state index < -0.39 is 12.1 Å². The summed E-state index contributed by atoms with van der Waals surface area (Å²) in [5.41, 5.74) is 2.13. The summed E-state index contributed by atoms with van der Waals surface area (Å²) in [5, 5.41) is 9.07. The average Bonchev–Trinajstić information content (AvgIpc) is 2.99. The van der Waals surface area contributed by atoms with Crippen molar-refractivity contribution >= 4 is 29.5 Å². The molecule has 1 aromatic carbocycles. The monoisotopic (exact) mass is 472 g/mol. The Morgan fingerprint density at radius 3 is 2.67 bits per heavy atom. The summed E-state index contributed by atoms with van der Waals surface area (Å²) in [6.45, 7) is 5.92. The van der Waals surface area contributed by atoms with E-state index in [0.29, 0.717) is 6.42 Å². The highest BCUT2D eigenvalue weighted by molar-refractivity contribution is 7.99. The van der Waals surface area contributed by atoms with E-state index in [-0.39, 0.29) is 40.6 Å². The number of thioether (sulfide) groups is 1. The van der Waals surface area contributed by atoms with Crippen molar-refractivity contribution in [3.8, 4) is 0 Å². The van der Waals surface area contributed by atoms with Crippen LogP contribution in [0.25, 0.3) is 0 Å². The molecule has 0 radical (unpaired) electrons. The van der Waals surface area contributed by atoms with Crippen molar-refractivity contribution in [3.05, 3.63) is 35.4 Å². The van der Waals surface area contributed by atoms with E-state index in [1.165, 1.54) is 11.1 Å². The van der Waals surface area contributed by atoms with Crippen LogP contribution in [0.2, 0.25) is 0 Å². The first-order valence-corrected chi connectivity index (χ1v) is 13.1. The van der Waals surface area contributed by atoms with Crippen LogP contribution in [0.5, 0.6) is 0 Å². The molecule has 2 unspecified atom stereocenters. The van der Waals surface area contributed by atoms with Gasteiger partial charge in [0.1, 0.15) is 12.1 Å². The second-order valence-electron chi connectivity index (χ2n) is 10.2. The minimum absolute atomic E-state index is 0.0287. The molecular weight excluding hydrogens is 436 g/mol. The minimum Gasteiger partial charge on any atom is -0.347 e. The number of likely N-dealkylation sites (N-methyl/N-ethyl adjacent to an activating group) is 1. The average molecular weight is 473 g/mol. The van der Waals surface area contributed by atoms with E-state index in [0.717, 1.165) is 31.4 Å². The lowest BCUT2D eigenvalue weighted by atomic mass is 9.83. The Kier molecular flexibility index (Phi) is 7.05. The molecule has 0 spiro atoms. The molecule has 0 aromatic heterocycles. The molecule has 1 aromatic rings. The highest BCUT2D eigenvalue weighted by atomic mass is 32.2. The van der Waals surface area contributed by atoms with Crippen LogP contribution in [0.15, 0.2) is 24.3 Å². The largest absolute Gasteiger partial charge is 0.347 e. The van der Waals surface area contributed by atoms with Gasteiger partial charge in [0, 0.05) is 0 Å². The maximum atomic E-state index is 13.7. The maximum Gasteiger partial charge on any atom is 0.246 e. The van der Waals surface area contributed by atoms with E-state index in [1.807, 2.05) is 12.1 Å². The molecule has 1 aliphatic carbocycles. The summed E-state index contributed by atoms with van der Waals surface area (Å²) in [4.78, 5) is 41.6. The molecule has 2 aliphatic heterocycles. The van der Waals surface area contributed by atoms with Gasteiger partial charge in [0.15, 0.2) is 0 Å². The highest BCUT2D eigenvalue weighted by Gasteiger charge is 2.54. The van der Waals surface area contributed by atoms with Crippen molar-refractivity contribution < 1.29 is 14.4 Å². The molecule has 7 nitrogen and oxygen atoms in total. The van der Waals surface area contributed by atoms with Gasteiger partial charge in [0.25, 0.3) is 0 Å². The molecular formula is C25H36N4O3S. The predicted octanol–water partition coefficient (Wildman–Crippen LogP) is 2.36. The Balaban J connectivity index is 1.56. The first kappa shape index (κ1) is 24.1. The molecule has 33 heavy (non-hydrogen) atoms. The zero-order chi connectivity index (χ0) is 23.8. The molecule has 0 bridgehead atoms. The molecule has 2 saturated heterocycles. The van der Waals surface area contributed by atoms with Crippen molar-refractivity contribution in [1.29, 1.82) is 0 Å². The number of fused-ring (bicyclic) bond motifs is 2. The summed E-state index contributed by atoms with van der Waals surface area (Å²) < 4.78 is 0. The number of hydrogen-bond acceptors (Lipinski definition) is 5. The second kappa shape index (κ2) is 9.66. The van der Waals surface area contributed by atoms with Crippen LogP contribution in [0.3, 0.4) is 0 Å². The molecule has 180 valence electrons. The number of hydrogen-bond donors (Lipinski definition) is 3. The molecule has 5 atom stereocenters. The van der Waals surface area contributed by atoms with Crippen LogP contribution in [-0.4, -0.2) is 58.9 Å². The number of carbonyl (C=O) groups is 3. The van der Waals surface area contributed by atoms with Crippen molar-refractivity contribution in [2.24, 2.45) is 5.41 Å². The lowest BCUT2D eigenvalue weighted by Gasteiger charge is -2.36. The van der Waals surface area contributed by atoms with Gasteiger partial charge in [-0.3, -0.25) is 14.4 Å². The van der Waals surface area contributed by atoms with Gasteiger partial charge in [-0.25, -0.2) is 0 Å². The highest BCUT2D eigenvalue weighted by Crippen LogP contribution is 2.46. The minimum atomic E-state index is -0.606. The van der Waals surface area contributed by atoms with Crippen LogP contribution in [0.1, 0.15) is 63.6 Å². The van der Waals surface area contributed by atoms with Crippen LogP contribution in [0, 0.1) is 5.41 Å². The van der Waals surface area contributed by atoms with Crippen LogP contribution in [-0.2, 0) is 20.8 Å². The number of nitrogens with zero attached hydrogens (tertiary/aromatic N) is 1. The van der Waals surface area contributed by atoms with Gasteiger partial charge < -0.3 is 20.9 Å². The van der Waals surface area contributed by atoms with Crippen molar-refractivity contribution in [2.45, 2.75) is 82.4 Å². The molecule has 8 heteroatoms. The number of rotatable bonds is 5. The summed E-state index contributed by atoms with van der Waals surface area (Å²) in [7, 11) is 1.72. The zero-order valence-electron chi connectivity index (χ0n) is 20.0. The smallest absolute Gasteiger partial charge is 0.246 e. The SMILES string of the molecule is CNC(C)C(=O)N[C@H]1CCS[C@H]2CC(C)(C)C(C(=O)N[C@@H]3CCCc4ccccc43)N2C1=O. The predicted molar refractivity (Wildman–Crippen MR) is 131 cm³/mol. The van der Waals surface area contributed by atoms with Crippen LogP contribution < -0.4 is 16.0 Å². The van der Waals surface area contributed by atoms with Gasteiger partial charge in [-0.1, -0.05) is 38.1 Å². The third-order valence-corrected chi connectivity index (χ3v) is 8.63. The Morgan fingerprint density at radius 1 is 1.15 bits per heavy atom. The second-order valence-corrected chi connectivity index (χ2v) is 11.5. The molecule has 2 heterocycles. The van der Waals surface area contributed by atoms with Gasteiger partial charge in [-0.2, -0.15) is 0 Å². The van der Waals surface area contributed by atoms with Gasteiger partial charge >= 0.3 is 0 Å². The Hall–Kier alpha value is -2.06. The molecule has 3 aliphatic rings. The zero-order valence-corrected chi connectivity index (χ0v) is 20.8. The van der Waals surface area contributed by atoms with Gasteiger partial charge in [0.2, 0.25) is 17.7 Å². The van der Waals surface area contributed by atoms with Crippen LogP contribution in [0.4, 0.5) is 0 Å². The number of aryl methyl sites for hydroxylation is 1. The fourth-order valence-corrected chi connectivity index (χ4v) is 7.01. The molecule has 2 fully saturated rings. The summed E-state index contributed by atoms with van der Waals surface area (Å²) in [5.74, 6) is 0.342. The Bertz CT molecular complexity index is 921. The molecule has 3 N–H and O–H groups in total. The molecule has 0 saturated carbocycles. The number of amides is 3. The fraction of sp³-hybridized carbons (Fsp3) is 0.640. The number of benzene rings is 1. The first-order valence-electron chi connectivity index (χ1n) is 12.0. The van der Waals surface area contributed by atoms with E-state index in [1.54, 1.807) is 30.6 Å². The summed E-state index contributed by atoms with van der Waals surface area (Å²) in [6, 6.07) is 6.73. The quantitative estimate of drug-likeness (QED) is 0.612. The van der Waals surface area contributed by atoms with Gasteiger partial charge in [0.05, 0.1) is 17.5 Å². The number of carbonyl (C=O) groups excluding carboxylic acids is 3.